The van der Waals surface area contributed by atoms with Crippen molar-refractivity contribution in [3.8, 4) is 0 Å². The molecule has 1 aliphatic carbocycles. The molecular formula is C15H23N5O3S. The van der Waals surface area contributed by atoms with Crippen LogP contribution >= 0.6 is 0 Å². The molecule has 0 radical (unpaired) electrons. The van der Waals surface area contributed by atoms with E-state index in [0.29, 0.717) is 19.4 Å². The predicted molar refractivity (Wildman–Crippen MR) is 87.5 cm³/mol. The maximum absolute atomic E-state index is 12.7. The minimum Gasteiger partial charge on any atom is -0.393 e. The molecule has 2 N–H and O–H groups in total. The molecule has 0 saturated heterocycles. The van der Waals surface area contributed by atoms with E-state index >= 15 is 0 Å². The van der Waals surface area contributed by atoms with Crippen molar-refractivity contribution < 1.29 is 13.5 Å². The van der Waals surface area contributed by atoms with Crippen LogP contribution < -0.4 is 4.72 Å². The summed E-state index contributed by atoms with van der Waals surface area (Å²) in [4.78, 5) is 0.157. The van der Waals surface area contributed by atoms with E-state index in [1.807, 2.05) is 6.92 Å². The molecule has 2 aromatic rings. The molecule has 2 heterocycles. The summed E-state index contributed by atoms with van der Waals surface area (Å²) in [5.41, 5.74) is 0.805. The fraction of sp³-hybridized carbons (Fsp3) is 0.600. The Morgan fingerprint density at radius 2 is 2.08 bits per heavy atom. The van der Waals surface area contributed by atoms with E-state index in [2.05, 4.69) is 14.9 Å². The zero-order valence-electron chi connectivity index (χ0n) is 13.8. The van der Waals surface area contributed by atoms with Crippen molar-refractivity contribution in [2.24, 2.45) is 13.0 Å². The predicted octanol–water partition coefficient (Wildman–Crippen LogP) is 0.817. The highest BCUT2D eigenvalue weighted by molar-refractivity contribution is 7.89. The van der Waals surface area contributed by atoms with Gasteiger partial charge in [0.05, 0.1) is 24.5 Å². The van der Waals surface area contributed by atoms with Crippen LogP contribution in [0.25, 0.3) is 0 Å². The van der Waals surface area contributed by atoms with Gasteiger partial charge in [-0.05, 0) is 25.2 Å². The largest absolute Gasteiger partial charge is 0.393 e. The first kappa shape index (κ1) is 17.1. The van der Waals surface area contributed by atoms with Crippen LogP contribution in [-0.2, 0) is 23.6 Å². The Labute approximate surface area is 141 Å². The van der Waals surface area contributed by atoms with E-state index < -0.39 is 16.1 Å². The van der Waals surface area contributed by atoms with Crippen molar-refractivity contribution in [2.45, 2.75) is 49.8 Å². The lowest BCUT2D eigenvalue weighted by molar-refractivity contribution is 0.0280. The van der Waals surface area contributed by atoms with Gasteiger partial charge in [0.25, 0.3) is 0 Å². The fourth-order valence-electron chi connectivity index (χ4n) is 3.01. The van der Waals surface area contributed by atoms with Crippen molar-refractivity contribution >= 4 is 10.0 Å². The van der Waals surface area contributed by atoms with E-state index in [1.165, 1.54) is 6.20 Å². The third kappa shape index (κ3) is 3.52. The van der Waals surface area contributed by atoms with E-state index in [9.17, 15) is 13.5 Å². The number of aliphatic hydroxyl groups excluding tert-OH is 1. The lowest BCUT2D eigenvalue weighted by atomic mass is 9.76. The average Bonchev–Trinajstić information content (AvgIpc) is 3.12. The zero-order valence-corrected chi connectivity index (χ0v) is 14.6. The van der Waals surface area contributed by atoms with E-state index in [4.69, 9.17) is 0 Å². The number of aromatic nitrogens is 4. The SMILES string of the molecule is CCCn1cc(S(=O)(=O)N[C@H](c2cnn(C)c2)C2CC(O)C2)cn1. The molecule has 8 nitrogen and oxygen atoms in total. The quantitative estimate of drug-likeness (QED) is 0.767. The number of hydrogen-bond acceptors (Lipinski definition) is 5. The molecule has 9 heteroatoms. The third-order valence-electron chi connectivity index (χ3n) is 4.36. The second-order valence-electron chi connectivity index (χ2n) is 6.37. The lowest BCUT2D eigenvalue weighted by Gasteiger charge is -2.37. The number of aryl methyl sites for hydroxylation is 2. The number of rotatable bonds is 7. The van der Waals surface area contributed by atoms with E-state index in [1.54, 1.807) is 35.0 Å². The molecule has 132 valence electrons. The first-order valence-electron chi connectivity index (χ1n) is 8.10. The van der Waals surface area contributed by atoms with Gasteiger partial charge in [-0.2, -0.15) is 10.2 Å². The summed E-state index contributed by atoms with van der Waals surface area (Å²) in [5.74, 6) is 0.0599. The molecule has 0 unspecified atom stereocenters. The van der Waals surface area contributed by atoms with Gasteiger partial charge in [-0.15, -0.1) is 0 Å². The minimum atomic E-state index is -3.69. The molecule has 1 saturated carbocycles. The lowest BCUT2D eigenvalue weighted by Crippen LogP contribution is -2.41. The molecule has 3 rings (SSSR count). The van der Waals surface area contributed by atoms with Crippen LogP contribution in [0.2, 0.25) is 0 Å². The van der Waals surface area contributed by atoms with E-state index in [0.717, 1.165) is 12.0 Å². The molecule has 2 aromatic heterocycles. The Morgan fingerprint density at radius 1 is 1.33 bits per heavy atom. The monoisotopic (exact) mass is 353 g/mol. The summed E-state index contributed by atoms with van der Waals surface area (Å²) >= 11 is 0. The zero-order chi connectivity index (χ0) is 17.3. The van der Waals surface area contributed by atoms with Gasteiger partial charge in [-0.25, -0.2) is 13.1 Å². The summed E-state index contributed by atoms with van der Waals surface area (Å²) in [6.45, 7) is 2.69. The second kappa shape index (κ2) is 6.66. The molecule has 0 spiro atoms. The standard InChI is InChI=1S/C15H23N5O3S/c1-3-4-20-10-14(8-17-20)24(22,23)18-15(11-5-13(21)6-11)12-7-16-19(2)9-12/h7-11,13,15,18,21H,3-6H2,1-2H3/t11?,13?,15-/m0/s1. The van der Waals surface area contributed by atoms with Gasteiger partial charge in [-0.3, -0.25) is 9.36 Å². The topological polar surface area (TPSA) is 102 Å². The second-order valence-corrected chi connectivity index (χ2v) is 8.08. The number of aliphatic hydroxyl groups is 1. The molecule has 1 fully saturated rings. The number of sulfonamides is 1. The molecule has 0 bridgehead atoms. The van der Waals surface area contributed by atoms with Crippen LogP contribution in [0.4, 0.5) is 0 Å². The molecule has 0 amide bonds. The van der Waals surface area contributed by atoms with Gasteiger partial charge in [-0.1, -0.05) is 6.92 Å². The third-order valence-corrected chi connectivity index (χ3v) is 5.76. The average molecular weight is 353 g/mol. The molecular weight excluding hydrogens is 330 g/mol. The van der Waals surface area contributed by atoms with Crippen molar-refractivity contribution in [3.63, 3.8) is 0 Å². The van der Waals surface area contributed by atoms with Crippen LogP contribution in [0.5, 0.6) is 0 Å². The summed E-state index contributed by atoms with van der Waals surface area (Å²) in [6, 6.07) is -0.401. The van der Waals surface area contributed by atoms with Crippen LogP contribution in [0.3, 0.4) is 0 Å². The smallest absolute Gasteiger partial charge is 0.244 e. The summed E-state index contributed by atoms with van der Waals surface area (Å²) in [7, 11) is -1.90. The van der Waals surface area contributed by atoms with Gasteiger partial charge in [0.2, 0.25) is 10.0 Å². The Morgan fingerprint density at radius 3 is 2.67 bits per heavy atom. The first-order chi connectivity index (χ1) is 11.4. The number of nitrogens with one attached hydrogen (secondary N) is 1. The van der Waals surface area contributed by atoms with Gasteiger partial charge < -0.3 is 5.11 Å². The van der Waals surface area contributed by atoms with Crippen LogP contribution in [-0.4, -0.2) is 39.2 Å². The van der Waals surface area contributed by atoms with Gasteiger partial charge in [0, 0.05) is 31.5 Å². The molecule has 24 heavy (non-hydrogen) atoms. The van der Waals surface area contributed by atoms with Crippen molar-refractivity contribution in [1.29, 1.82) is 0 Å². The van der Waals surface area contributed by atoms with Gasteiger partial charge in [0.15, 0.2) is 0 Å². The molecule has 0 aromatic carbocycles. The highest BCUT2D eigenvalue weighted by atomic mass is 32.2. The summed E-state index contributed by atoms with van der Waals surface area (Å²) in [5, 5.41) is 17.8. The summed E-state index contributed by atoms with van der Waals surface area (Å²) in [6.07, 6.45) is 8.07. The maximum Gasteiger partial charge on any atom is 0.244 e. The van der Waals surface area contributed by atoms with Gasteiger partial charge in [0.1, 0.15) is 4.90 Å². The normalized spacial score (nSPS) is 22.3. The van der Waals surface area contributed by atoms with E-state index in [-0.39, 0.29) is 16.9 Å². The van der Waals surface area contributed by atoms with Gasteiger partial charge >= 0.3 is 0 Å². The Balaban J connectivity index is 1.82. The minimum absolute atomic E-state index is 0.0599. The van der Waals surface area contributed by atoms with Crippen molar-refractivity contribution in [2.75, 3.05) is 0 Å². The number of hydrogen-bond donors (Lipinski definition) is 2. The Bertz CT molecular complexity index is 792. The fourth-order valence-corrected chi connectivity index (χ4v) is 4.25. The molecule has 1 aliphatic rings. The van der Waals surface area contributed by atoms with Crippen molar-refractivity contribution in [1.82, 2.24) is 24.3 Å². The highest BCUT2D eigenvalue weighted by Gasteiger charge is 2.38. The maximum atomic E-state index is 12.7. The van der Waals surface area contributed by atoms with Crippen LogP contribution in [0, 0.1) is 5.92 Å². The first-order valence-corrected chi connectivity index (χ1v) is 9.58. The Hall–Kier alpha value is -1.71. The molecule has 0 aliphatic heterocycles. The van der Waals surface area contributed by atoms with Crippen molar-refractivity contribution in [3.05, 3.63) is 30.4 Å². The van der Waals surface area contributed by atoms with Crippen LogP contribution in [0.1, 0.15) is 37.8 Å². The Kier molecular flexibility index (Phi) is 4.75. The molecule has 1 atom stereocenters. The van der Waals surface area contributed by atoms with Crippen LogP contribution in [0.15, 0.2) is 29.7 Å². The summed E-state index contributed by atoms with van der Waals surface area (Å²) < 4.78 is 31.5. The highest BCUT2D eigenvalue weighted by Crippen LogP contribution is 2.38. The number of nitrogens with zero attached hydrogens (tertiary/aromatic N) is 4.